The second kappa shape index (κ2) is 7.31. The molecule has 21 heavy (non-hydrogen) atoms. The van der Waals surface area contributed by atoms with Crippen LogP contribution in [0.4, 0.5) is 0 Å². The van der Waals surface area contributed by atoms with Gasteiger partial charge >= 0.3 is 5.97 Å². The standard InChI is InChI=1S/C16H23NO4/c1-11(2)17-13(10-16(18)19)8-12-4-5-14-15(9-12)21-7-3-6-20-14/h4-5,9,11,13,17H,3,6-8,10H2,1-2H3,(H,18,19). The number of nitrogens with one attached hydrogen (secondary N) is 1. The van der Waals surface area contributed by atoms with Gasteiger partial charge in [-0.05, 0) is 24.1 Å². The maximum atomic E-state index is 11.0. The summed E-state index contributed by atoms with van der Waals surface area (Å²) in [5, 5.41) is 12.3. The Morgan fingerprint density at radius 2 is 2.00 bits per heavy atom. The van der Waals surface area contributed by atoms with E-state index in [-0.39, 0.29) is 18.5 Å². The summed E-state index contributed by atoms with van der Waals surface area (Å²) in [5.41, 5.74) is 1.05. The molecule has 0 aliphatic carbocycles. The van der Waals surface area contributed by atoms with E-state index in [0.717, 1.165) is 23.5 Å². The molecule has 116 valence electrons. The summed E-state index contributed by atoms with van der Waals surface area (Å²) in [5.74, 6) is 0.731. The molecule has 1 aromatic carbocycles. The summed E-state index contributed by atoms with van der Waals surface area (Å²) in [4.78, 5) is 11.0. The lowest BCUT2D eigenvalue weighted by Crippen LogP contribution is -2.38. The van der Waals surface area contributed by atoms with Crippen molar-refractivity contribution in [1.29, 1.82) is 0 Å². The average molecular weight is 293 g/mol. The molecule has 1 atom stereocenters. The number of fused-ring (bicyclic) bond motifs is 1. The zero-order valence-corrected chi connectivity index (χ0v) is 12.6. The number of rotatable bonds is 6. The van der Waals surface area contributed by atoms with Crippen LogP contribution in [0, 0.1) is 0 Å². The zero-order chi connectivity index (χ0) is 15.2. The van der Waals surface area contributed by atoms with E-state index in [0.29, 0.717) is 19.6 Å². The molecule has 0 saturated carbocycles. The van der Waals surface area contributed by atoms with Crippen molar-refractivity contribution in [3.8, 4) is 11.5 Å². The molecular formula is C16H23NO4. The van der Waals surface area contributed by atoms with E-state index in [1.807, 2.05) is 32.0 Å². The first-order valence-electron chi connectivity index (χ1n) is 7.41. The van der Waals surface area contributed by atoms with Gasteiger partial charge in [-0.2, -0.15) is 0 Å². The molecule has 5 heteroatoms. The molecule has 0 fully saturated rings. The maximum Gasteiger partial charge on any atom is 0.304 e. The third-order valence-corrected chi connectivity index (χ3v) is 3.28. The molecule has 0 aromatic heterocycles. The SMILES string of the molecule is CC(C)NC(CC(=O)O)Cc1ccc2c(c1)OCCCO2. The number of hydrogen-bond acceptors (Lipinski definition) is 4. The van der Waals surface area contributed by atoms with Gasteiger partial charge in [-0.3, -0.25) is 4.79 Å². The van der Waals surface area contributed by atoms with Crippen LogP contribution in [0.1, 0.15) is 32.3 Å². The normalized spacial score (nSPS) is 15.6. The van der Waals surface area contributed by atoms with Crippen molar-refractivity contribution in [2.45, 2.75) is 45.2 Å². The van der Waals surface area contributed by atoms with Crippen molar-refractivity contribution in [1.82, 2.24) is 5.32 Å². The van der Waals surface area contributed by atoms with Crippen LogP contribution in [0.25, 0.3) is 0 Å². The van der Waals surface area contributed by atoms with Gasteiger partial charge in [0, 0.05) is 18.5 Å². The van der Waals surface area contributed by atoms with Crippen molar-refractivity contribution < 1.29 is 19.4 Å². The van der Waals surface area contributed by atoms with E-state index in [4.69, 9.17) is 14.6 Å². The molecule has 0 amide bonds. The van der Waals surface area contributed by atoms with Crippen LogP contribution in [0.3, 0.4) is 0 Å². The lowest BCUT2D eigenvalue weighted by atomic mass is 10.0. The van der Waals surface area contributed by atoms with Crippen molar-refractivity contribution in [2.24, 2.45) is 0 Å². The minimum atomic E-state index is -0.789. The fraction of sp³-hybridized carbons (Fsp3) is 0.562. The van der Waals surface area contributed by atoms with E-state index < -0.39 is 5.97 Å². The summed E-state index contributed by atoms with van der Waals surface area (Å²) < 4.78 is 11.3. The van der Waals surface area contributed by atoms with Gasteiger partial charge in [0.1, 0.15) is 0 Å². The molecule has 5 nitrogen and oxygen atoms in total. The van der Waals surface area contributed by atoms with Gasteiger partial charge in [0.15, 0.2) is 11.5 Å². The number of carboxylic acid groups (broad SMARTS) is 1. The molecule has 1 unspecified atom stereocenters. The number of benzene rings is 1. The van der Waals surface area contributed by atoms with E-state index in [1.54, 1.807) is 0 Å². The lowest BCUT2D eigenvalue weighted by Gasteiger charge is -2.20. The molecule has 1 aliphatic rings. The molecule has 2 N–H and O–H groups in total. The first-order chi connectivity index (χ1) is 10.0. The predicted molar refractivity (Wildman–Crippen MR) is 80.1 cm³/mol. The Labute approximate surface area is 125 Å². The largest absolute Gasteiger partial charge is 0.490 e. The van der Waals surface area contributed by atoms with E-state index >= 15 is 0 Å². The third-order valence-electron chi connectivity index (χ3n) is 3.28. The number of carboxylic acids is 1. The van der Waals surface area contributed by atoms with Crippen LogP contribution in [0.2, 0.25) is 0 Å². The van der Waals surface area contributed by atoms with Crippen molar-refractivity contribution in [3.63, 3.8) is 0 Å². The van der Waals surface area contributed by atoms with Crippen molar-refractivity contribution in [3.05, 3.63) is 23.8 Å². The van der Waals surface area contributed by atoms with Crippen molar-refractivity contribution >= 4 is 5.97 Å². The van der Waals surface area contributed by atoms with Gasteiger partial charge < -0.3 is 19.9 Å². The smallest absolute Gasteiger partial charge is 0.304 e. The second-order valence-corrected chi connectivity index (χ2v) is 5.65. The van der Waals surface area contributed by atoms with E-state index in [9.17, 15) is 4.79 Å². The molecule has 1 aliphatic heterocycles. The van der Waals surface area contributed by atoms with Gasteiger partial charge in [0.2, 0.25) is 0 Å². The van der Waals surface area contributed by atoms with Crippen LogP contribution in [-0.4, -0.2) is 36.4 Å². The van der Waals surface area contributed by atoms with Crippen LogP contribution in [0.5, 0.6) is 11.5 Å². The lowest BCUT2D eigenvalue weighted by molar-refractivity contribution is -0.137. The van der Waals surface area contributed by atoms with Gasteiger partial charge in [0.05, 0.1) is 19.6 Å². The molecule has 0 bridgehead atoms. The Hall–Kier alpha value is -1.75. The zero-order valence-electron chi connectivity index (χ0n) is 12.6. The first-order valence-corrected chi connectivity index (χ1v) is 7.41. The number of carbonyl (C=O) groups is 1. The quantitative estimate of drug-likeness (QED) is 0.842. The molecule has 0 spiro atoms. The van der Waals surface area contributed by atoms with Gasteiger partial charge in [-0.15, -0.1) is 0 Å². The average Bonchev–Trinajstić information content (AvgIpc) is 2.61. The van der Waals surface area contributed by atoms with Crippen molar-refractivity contribution in [2.75, 3.05) is 13.2 Å². The highest BCUT2D eigenvalue weighted by atomic mass is 16.5. The van der Waals surface area contributed by atoms with Gasteiger partial charge in [0.25, 0.3) is 0 Å². The Kier molecular flexibility index (Phi) is 5.44. The summed E-state index contributed by atoms with van der Waals surface area (Å²) in [6, 6.07) is 5.99. The number of ether oxygens (including phenoxy) is 2. The Morgan fingerprint density at radius 1 is 1.29 bits per heavy atom. The molecule has 2 rings (SSSR count). The maximum absolute atomic E-state index is 11.0. The molecule has 1 heterocycles. The van der Waals surface area contributed by atoms with Gasteiger partial charge in [-0.25, -0.2) is 0 Å². The molecule has 1 aromatic rings. The van der Waals surface area contributed by atoms with Crippen LogP contribution >= 0.6 is 0 Å². The Bertz CT molecular complexity index is 487. The first kappa shape index (κ1) is 15.6. The number of aliphatic carboxylic acids is 1. The highest BCUT2D eigenvalue weighted by Crippen LogP contribution is 2.30. The summed E-state index contributed by atoms with van der Waals surface area (Å²) >= 11 is 0. The Balaban J connectivity index is 2.09. The monoisotopic (exact) mass is 293 g/mol. The van der Waals surface area contributed by atoms with E-state index in [2.05, 4.69) is 5.32 Å². The van der Waals surface area contributed by atoms with Crippen LogP contribution in [0.15, 0.2) is 18.2 Å². The molecule has 0 radical (unpaired) electrons. The predicted octanol–water partition coefficient (Wildman–Crippen LogP) is 2.23. The minimum absolute atomic E-state index is 0.0905. The minimum Gasteiger partial charge on any atom is -0.490 e. The number of hydrogen-bond donors (Lipinski definition) is 2. The van der Waals surface area contributed by atoms with Crippen LogP contribution in [-0.2, 0) is 11.2 Å². The van der Waals surface area contributed by atoms with Crippen LogP contribution < -0.4 is 14.8 Å². The summed E-state index contributed by atoms with van der Waals surface area (Å²) in [7, 11) is 0. The fourth-order valence-corrected chi connectivity index (χ4v) is 2.49. The summed E-state index contributed by atoms with van der Waals surface area (Å²) in [6.45, 7) is 5.35. The Morgan fingerprint density at radius 3 is 2.67 bits per heavy atom. The second-order valence-electron chi connectivity index (χ2n) is 5.65. The molecule has 0 saturated heterocycles. The highest BCUT2D eigenvalue weighted by Gasteiger charge is 2.17. The molecular weight excluding hydrogens is 270 g/mol. The van der Waals surface area contributed by atoms with Gasteiger partial charge in [-0.1, -0.05) is 19.9 Å². The fourth-order valence-electron chi connectivity index (χ4n) is 2.49. The highest BCUT2D eigenvalue weighted by molar-refractivity contribution is 5.67. The third kappa shape index (κ3) is 4.93. The summed E-state index contributed by atoms with van der Waals surface area (Å²) in [6.07, 6.45) is 1.63. The van der Waals surface area contributed by atoms with E-state index in [1.165, 1.54) is 0 Å². The topological polar surface area (TPSA) is 67.8 Å².